The Balaban J connectivity index is 1.93. The van der Waals surface area contributed by atoms with Gasteiger partial charge in [-0.3, -0.25) is 0 Å². The van der Waals surface area contributed by atoms with Crippen LogP contribution in [-0.4, -0.2) is 28.1 Å². The lowest BCUT2D eigenvalue weighted by Gasteiger charge is -2.22. The molecule has 1 atom stereocenters. The molecule has 1 saturated heterocycles. The van der Waals surface area contributed by atoms with Crippen LogP contribution in [0.2, 0.25) is 0 Å². The van der Waals surface area contributed by atoms with Gasteiger partial charge in [0.25, 0.3) is 0 Å². The van der Waals surface area contributed by atoms with Crippen molar-refractivity contribution in [1.29, 1.82) is 0 Å². The van der Waals surface area contributed by atoms with Crippen molar-refractivity contribution in [3.05, 3.63) is 10.8 Å². The van der Waals surface area contributed by atoms with E-state index in [1.54, 1.807) is 6.20 Å². The van der Waals surface area contributed by atoms with Crippen LogP contribution in [0.4, 0.5) is 0 Å². The van der Waals surface area contributed by atoms with Gasteiger partial charge in [-0.2, -0.15) is 0 Å². The Hall–Kier alpha value is -0.420. The number of piperidine rings is 1. The molecular formula is C8H13BrN4. The first-order valence-corrected chi connectivity index (χ1v) is 5.40. The van der Waals surface area contributed by atoms with E-state index in [1.807, 2.05) is 4.68 Å². The van der Waals surface area contributed by atoms with Crippen LogP contribution in [0.5, 0.6) is 0 Å². The lowest BCUT2D eigenvalue weighted by Crippen LogP contribution is -2.32. The lowest BCUT2D eigenvalue weighted by atomic mass is 10.00. The van der Waals surface area contributed by atoms with Gasteiger partial charge in [-0.25, -0.2) is 4.68 Å². The summed E-state index contributed by atoms with van der Waals surface area (Å²) in [7, 11) is 0. The quantitative estimate of drug-likeness (QED) is 0.846. The normalized spacial score (nSPS) is 23.3. The zero-order valence-corrected chi connectivity index (χ0v) is 9.00. The number of hydrogen-bond donors (Lipinski definition) is 1. The predicted molar refractivity (Wildman–Crippen MR) is 53.3 cm³/mol. The fourth-order valence-corrected chi connectivity index (χ4v) is 2.00. The van der Waals surface area contributed by atoms with Crippen LogP contribution < -0.4 is 5.32 Å². The van der Waals surface area contributed by atoms with Gasteiger partial charge in [0, 0.05) is 6.54 Å². The summed E-state index contributed by atoms with van der Waals surface area (Å²) in [5.41, 5.74) is 0. The predicted octanol–water partition coefficient (Wildman–Crippen LogP) is 1.04. The molecule has 13 heavy (non-hydrogen) atoms. The van der Waals surface area contributed by atoms with E-state index in [-0.39, 0.29) is 0 Å². The van der Waals surface area contributed by atoms with E-state index in [1.165, 1.54) is 12.8 Å². The van der Waals surface area contributed by atoms with Crippen molar-refractivity contribution >= 4 is 15.9 Å². The van der Waals surface area contributed by atoms with Crippen molar-refractivity contribution in [2.75, 3.05) is 13.1 Å². The Bertz CT molecular complexity index is 267. The number of rotatable bonds is 2. The third-order valence-corrected chi connectivity index (χ3v) is 3.01. The first-order chi connectivity index (χ1) is 6.36. The summed E-state index contributed by atoms with van der Waals surface area (Å²) < 4.78 is 2.88. The fourth-order valence-electron chi connectivity index (χ4n) is 1.69. The van der Waals surface area contributed by atoms with Crippen molar-refractivity contribution in [3.8, 4) is 0 Å². The second kappa shape index (κ2) is 4.19. The van der Waals surface area contributed by atoms with Gasteiger partial charge in [-0.1, -0.05) is 5.21 Å². The average Bonchev–Trinajstić information content (AvgIpc) is 2.54. The van der Waals surface area contributed by atoms with Crippen LogP contribution >= 0.6 is 15.9 Å². The van der Waals surface area contributed by atoms with Crippen LogP contribution in [0.1, 0.15) is 12.8 Å². The summed E-state index contributed by atoms with van der Waals surface area (Å²) in [5, 5.41) is 11.2. The molecule has 1 aromatic heterocycles. The summed E-state index contributed by atoms with van der Waals surface area (Å²) in [5.74, 6) is 0.701. The third-order valence-electron chi connectivity index (χ3n) is 2.40. The average molecular weight is 245 g/mol. The van der Waals surface area contributed by atoms with Crippen molar-refractivity contribution in [3.63, 3.8) is 0 Å². The first-order valence-electron chi connectivity index (χ1n) is 4.61. The zero-order chi connectivity index (χ0) is 9.10. The summed E-state index contributed by atoms with van der Waals surface area (Å²) in [6.45, 7) is 3.23. The molecule has 0 bridgehead atoms. The second-order valence-corrected chi connectivity index (χ2v) is 4.26. The van der Waals surface area contributed by atoms with E-state index in [4.69, 9.17) is 0 Å². The van der Waals surface area contributed by atoms with Gasteiger partial charge in [0.15, 0.2) is 0 Å². The Kier molecular flexibility index (Phi) is 2.95. The van der Waals surface area contributed by atoms with Gasteiger partial charge in [0.1, 0.15) is 4.60 Å². The molecule has 72 valence electrons. The van der Waals surface area contributed by atoms with Crippen LogP contribution in [0.15, 0.2) is 10.8 Å². The lowest BCUT2D eigenvalue weighted by molar-refractivity contribution is 0.320. The highest BCUT2D eigenvalue weighted by Gasteiger charge is 2.14. The van der Waals surface area contributed by atoms with E-state index >= 15 is 0 Å². The molecule has 1 aromatic rings. The topological polar surface area (TPSA) is 42.7 Å². The van der Waals surface area contributed by atoms with Crippen LogP contribution in [0.3, 0.4) is 0 Å². The monoisotopic (exact) mass is 244 g/mol. The molecule has 1 aliphatic heterocycles. The van der Waals surface area contributed by atoms with E-state index < -0.39 is 0 Å². The van der Waals surface area contributed by atoms with Gasteiger partial charge in [0.05, 0.1) is 6.20 Å². The van der Waals surface area contributed by atoms with E-state index in [0.29, 0.717) is 5.92 Å². The molecule has 1 unspecified atom stereocenters. The smallest absolute Gasteiger partial charge is 0.124 e. The molecule has 0 saturated carbocycles. The Morgan fingerprint density at radius 1 is 1.69 bits per heavy atom. The molecular weight excluding hydrogens is 232 g/mol. The largest absolute Gasteiger partial charge is 0.316 e. The molecule has 0 aromatic carbocycles. The molecule has 2 rings (SSSR count). The number of aromatic nitrogens is 3. The van der Waals surface area contributed by atoms with E-state index in [9.17, 15) is 0 Å². The van der Waals surface area contributed by atoms with Crippen LogP contribution in [0.25, 0.3) is 0 Å². The number of halogens is 1. The molecule has 0 spiro atoms. The van der Waals surface area contributed by atoms with Crippen molar-refractivity contribution < 1.29 is 0 Å². The van der Waals surface area contributed by atoms with Gasteiger partial charge >= 0.3 is 0 Å². The molecule has 0 aliphatic carbocycles. The maximum Gasteiger partial charge on any atom is 0.124 e. The minimum Gasteiger partial charge on any atom is -0.316 e. The third kappa shape index (κ3) is 2.28. The second-order valence-electron chi connectivity index (χ2n) is 3.45. The number of hydrogen-bond acceptors (Lipinski definition) is 3. The van der Waals surface area contributed by atoms with Crippen molar-refractivity contribution in [1.82, 2.24) is 20.3 Å². The van der Waals surface area contributed by atoms with Gasteiger partial charge < -0.3 is 5.32 Å². The standard InChI is InChI=1S/C8H13BrN4/c9-8-5-11-12-13(8)6-7-2-1-3-10-4-7/h5,7,10H,1-4,6H2. The van der Waals surface area contributed by atoms with Gasteiger partial charge in [-0.05, 0) is 47.8 Å². The molecule has 4 nitrogen and oxygen atoms in total. The molecule has 1 N–H and O–H groups in total. The van der Waals surface area contributed by atoms with Crippen LogP contribution in [0, 0.1) is 5.92 Å². The van der Waals surface area contributed by atoms with Crippen molar-refractivity contribution in [2.24, 2.45) is 5.92 Å². The molecule has 0 radical (unpaired) electrons. The molecule has 5 heteroatoms. The van der Waals surface area contributed by atoms with E-state index in [2.05, 4.69) is 31.6 Å². The highest BCUT2D eigenvalue weighted by molar-refractivity contribution is 9.10. The molecule has 1 aliphatic rings. The van der Waals surface area contributed by atoms with E-state index in [0.717, 1.165) is 24.2 Å². The number of nitrogens with one attached hydrogen (secondary N) is 1. The summed E-state index contributed by atoms with van der Waals surface area (Å²) in [6.07, 6.45) is 4.30. The maximum atomic E-state index is 4.00. The Morgan fingerprint density at radius 2 is 2.62 bits per heavy atom. The fraction of sp³-hybridized carbons (Fsp3) is 0.750. The van der Waals surface area contributed by atoms with Crippen LogP contribution in [-0.2, 0) is 6.54 Å². The highest BCUT2D eigenvalue weighted by Crippen LogP contribution is 2.14. The molecule has 1 fully saturated rings. The van der Waals surface area contributed by atoms with Crippen molar-refractivity contribution in [2.45, 2.75) is 19.4 Å². The van der Waals surface area contributed by atoms with Gasteiger partial charge in [0.2, 0.25) is 0 Å². The minimum atomic E-state index is 0.701. The number of nitrogens with zero attached hydrogens (tertiary/aromatic N) is 3. The summed E-state index contributed by atoms with van der Waals surface area (Å²) in [6, 6.07) is 0. The van der Waals surface area contributed by atoms with Gasteiger partial charge in [-0.15, -0.1) is 5.10 Å². The highest BCUT2D eigenvalue weighted by atomic mass is 79.9. The minimum absolute atomic E-state index is 0.701. The Labute approximate surface area is 85.8 Å². The first kappa shape index (κ1) is 9.15. The molecule has 2 heterocycles. The molecule has 0 amide bonds. The zero-order valence-electron chi connectivity index (χ0n) is 7.41. The maximum absolute atomic E-state index is 4.00. The Morgan fingerprint density at radius 3 is 3.23 bits per heavy atom. The summed E-state index contributed by atoms with van der Waals surface area (Å²) in [4.78, 5) is 0. The SMILES string of the molecule is Brc1cnnn1CC1CCCNC1. The summed E-state index contributed by atoms with van der Waals surface area (Å²) >= 11 is 3.41.